The Hall–Kier alpha value is -2.41. The van der Waals surface area contributed by atoms with E-state index in [1.165, 1.54) is 0 Å². The molecule has 122 valence electrons. The normalized spacial score (nSPS) is 18.1. The van der Waals surface area contributed by atoms with Crippen molar-refractivity contribution in [3.05, 3.63) is 24.4 Å². The summed E-state index contributed by atoms with van der Waals surface area (Å²) in [6.45, 7) is 1.96. The number of hydrogen-bond acceptors (Lipinski definition) is 4. The second-order valence-electron chi connectivity index (χ2n) is 6.21. The molecule has 1 saturated heterocycles. The fourth-order valence-corrected chi connectivity index (χ4v) is 2.75. The third-order valence-corrected chi connectivity index (χ3v) is 4.11. The topological polar surface area (TPSA) is 81.3 Å². The van der Waals surface area contributed by atoms with Crippen LogP contribution in [0.3, 0.4) is 0 Å². The van der Waals surface area contributed by atoms with Crippen molar-refractivity contribution < 1.29 is 9.59 Å². The summed E-state index contributed by atoms with van der Waals surface area (Å²) >= 11 is 0. The Labute approximate surface area is 134 Å². The number of nitrogens with zero attached hydrogens (tertiary/aromatic N) is 3. The van der Waals surface area contributed by atoms with Crippen molar-refractivity contribution in [1.29, 1.82) is 0 Å². The molecule has 7 heteroatoms. The van der Waals surface area contributed by atoms with Crippen molar-refractivity contribution in [2.75, 3.05) is 39.0 Å². The Morgan fingerprint density at radius 2 is 2.30 bits per heavy atom. The quantitative estimate of drug-likeness (QED) is 0.859. The Morgan fingerprint density at radius 3 is 3.09 bits per heavy atom. The molecule has 1 unspecified atom stereocenters. The number of anilines is 1. The van der Waals surface area contributed by atoms with Gasteiger partial charge in [0, 0.05) is 37.1 Å². The minimum Gasteiger partial charge on any atom is -0.341 e. The second kappa shape index (κ2) is 6.37. The molecule has 23 heavy (non-hydrogen) atoms. The first-order valence-corrected chi connectivity index (χ1v) is 7.69. The lowest BCUT2D eigenvalue weighted by molar-refractivity contribution is -0.128. The predicted octanol–water partition coefficient (Wildman–Crippen LogP) is 0.911. The van der Waals surface area contributed by atoms with Gasteiger partial charge in [-0.2, -0.15) is 5.10 Å². The summed E-state index contributed by atoms with van der Waals surface area (Å²) in [5, 5.41) is 10.7. The van der Waals surface area contributed by atoms with E-state index >= 15 is 0 Å². The Bertz CT molecular complexity index is 724. The van der Waals surface area contributed by atoms with Crippen LogP contribution in [-0.2, 0) is 9.59 Å². The molecule has 1 aromatic heterocycles. The van der Waals surface area contributed by atoms with E-state index in [9.17, 15) is 9.59 Å². The molecule has 0 spiro atoms. The summed E-state index contributed by atoms with van der Waals surface area (Å²) < 4.78 is 0. The zero-order chi connectivity index (χ0) is 16.4. The molecule has 1 aliphatic heterocycles. The van der Waals surface area contributed by atoms with Crippen LogP contribution in [0.2, 0.25) is 0 Å². The van der Waals surface area contributed by atoms with Gasteiger partial charge in [-0.25, -0.2) is 0 Å². The predicted molar refractivity (Wildman–Crippen MR) is 88.0 cm³/mol. The minimum atomic E-state index is -0.287. The van der Waals surface area contributed by atoms with Crippen LogP contribution in [0.1, 0.15) is 6.42 Å². The van der Waals surface area contributed by atoms with Gasteiger partial charge in [-0.3, -0.25) is 14.7 Å². The van der Waals surface area contributed by atoms with Gasteiger partial charge < -0.3 is 15.1 Å². The molecule has 2 amide bonds. The highest BCUT2D eigenvalue weighted by molar-refractivity contribution is 5.98. The molecule has 0 radical (unpaired) electrons. The third kappa shape index (κ3) is 3.50. The number of benzene rings is 1. The first kappa shape index (κ1) is 15.5. The average Bonchev–Trinajstić information content (AvgIpc) is 3.11. The molecule has 0 bridgehead atoms. The van der Waals surface area contributed by atoms with Gasteiger partial charge in [0.1, 0.15) is 0 Å². The molecule has 3 rings (SSSR count). The number of H-pyrrole nitrogens is 1. The van der Waals surface area contributed by atoms with Gasteiger partial charge in [-0.1, -0.05) is 0 Å². The average molecular weight is 315 g/mol. The number of hydrogen-bond donors (Lipinski definition) is 2. The lowest BCUT2D eigenvalue weighted by Gasteiger charge is -2.19. The SMILES string of the molecule is CN(C)CCN1CC(C(=O)Nc2ccc3[nH]ncc3c2)CC1=O. The van der Waals surface area contributed by atoms with E-state index in [1.807, 2.05) is 37.2 Å². The molecule has 2 N–H and O–H groups in total. The fourth-order valence-electron chi connectivity index (χ4n) is 2.75. The zero-order valence-corrected chi connectivity index (χ0v) is 13.4. The number of rotatable bonds is 5. The largest absolute Gasteiger partial charge is 0.341 e. The van der Waals surface area contributed by atoms with Crippen molar-refractivity contribution in [2.24, 2.45) is 5.92 Å². The van der Waals surface area contributed by atoms with E-state index in [1.54, 1.807) is 11.1 Å². The number of aromatic amines is 1. The molecule has 0 saturated carbocycles. The van der Waals surface area contributed by atoms with Crippen LogP contribution in [-0.4, -0.2) is 65.5 Å². The highest BCUT2D eigenvalue weighted by Gasteiger charge is 2.34. The summed E-state index contributed by atoms with van der Waals surface area (Å²) in [5.74, 6) is -0.337. The molecule has 7 nitrogen and oxygen atoms in total. The number of carbonyl (C=O) groups excluding carboxylic acids is 2. The summed E-state index contributed by atoms with van der Waals surface area (Å²) in [6.07, 6.45) is 2.00. The maximum atomic E-state index is 12.4. The molecular weight excluding hydrogens is 294 g/mol. The van der Waals surface area contributed by atoms with Crippen LogP contribution in [0.5, 0.6) is 0 Å². The van der Waals surface area contributed by atoms with E-state index in [4.69, 9.17) is 0 Å². The summed E-state index contributed by atoms with van der Waals surface area (Å²) in [6, 6.07) is 5.58. The van der Waals surface area contributed by atoms with E-state index < -0.39 is 0 Å². The van der Waals surface area contributed by atoms with E-state index in [-0.39, 0.29) is 24.2 Å². The number of amides is 2. The van der Waals surface area contributed by atoms with Gasteiger partial charge >= 0.3 is 0 Å². The number of nitrogens with one attached hydrogen (secondary N) is 2. The number of likely N-dealkylation sites (tertiary alicyclic amines) is 1. The van der Waals surface area contributed by atoms with Gasteiger partial charge in [0.05, 0.1) is 17.6 Å². The van der Waals surface area contributed by atoms with Gasteiger partial charge in [0.2, 0.25) is 11.8 Å². The van der Waals surface area contributed by atoms with Crippen LogP contribution < -0.4 is 5.32 Å². The van der Waals surface area contributed by atoms with E-state index in [0.29, 0.717) is 13.1 Å². The molecule has 1 atom stereocenters. The highest BCUT2D eigenvalue weighted by atomic mass is 16.2. The molecule has 1 aromatic carbocycles. The Kier molecular flexibility index (Phi) is 4.29. The van der Waals surface area contributed by atoms with Gasteiger partial charge in [0.15, 0.2) is 0 Å². The molecule has 2 heterocycles. The van der Waals surface area contributed by atoms with E-state index in [0.717, 1.165) is 23.1 Å². The maximum Gasteiger partial charge on any atom is 0.229 e. The van der Waals surface area contributed by atoms with Crippen LogP contribution in [0, 0.1) is 5.92 Å². The van der Waals surface area contributed by atoms with Gasteiger partial charge in [-0.05, 0) is 32.3 Å². The maximum absolute atomic E-state index is 12.4. The summed E-state index contributed by atoms with van der Waals surface area (Å²) in [5.41, 5.74) is 1.65. The third-order valence-electron chi connectivity index (χ3n) is 4.11. The molecule has 2 aromatic rings. The second-order valence-corrected chi connectivity index (χ2v) is 6.21. The van der Waals surface area contributed by atoms with Crippen LogP contribution in [0.15, 0.2) is 24.4 Å². The lowest BCUT2D eigenvalue weighted by Crippen LogP contribution is -2.33. The zero-order valence-electron chi connectivity index (χ0n) is 13.4. The van der Waals surface area contributed by atoms with Crippen molar-refractivity contribution in [1.82, 2.24) is 20.0 Å². The Balaban J connectivity index is 1.61. The summed E-state index contributed by atoms with van der Waals surface area (Å²) in [7, 11) is 3.94. The van der Waals surface area contributed by atoms with Gasteiger partial charge in [-0.15, -0.1) is 0 Å². The standard InChI is InChI=1S/C16H21N5O2/c1-20(2)5-6-21-10-12(8-15(21)22)16(23)18-13-3-4-14-11(7-13)9-17-19-14/h3-4,7,9,12H,5-6,8,10H2,1-2H3,(H,17,19)(H,18,23). The first-order chi connectivity index (χ1) is 11.0. The van der Waals surface area contributed by atoms with Crippen molar-refractivity contribution in [3.8, 4) is 0 Å². The Morgan fingerprint density at radius 1 is 1.48 bits per heavy atom. The minimum absolute atomic E-state index is 0.0530. The summed E-state index contributed by atoms with van der Waals surface area (Å²) in [4.78, 5) is 28.2. The van der Waals surface area contributed by atoms with Crippen LogP contribution in [0.25, 0.3) is 10.9 Å². The van der Waals surface area contributed by atoms with Crippen molar-refractivity contribution >= 4 is 28.4 Å². The number of fused-ring (bicyclic) bond motifs is 1. The van der Waals surface area contributed by atoms with Crippen LogP contribution in [0.4, 0.5) is 5.69 Å². The van der Waals surface area contributed by atoms with Gasteiger partial charge in [0.25, 0.3) is 0 Å². The first-order valence-electron chi connectivity index (χ1n) is 7.69. The molecule has 1 fully saturated rings. The monoisotopic (exact) mass is 315 g/mol. The fraction of sp³-hybridized carbons (Fsp3) is 0.438. The van der Waals surface area contributed by atoms with Crippen molar-refractivity contribution in [3.63, 3.8) is 0 Å². The highest BCUT2D eigenvalue weighted by Crippen LogP contribution is 2.21. The molecular formula is C16H21N5O2. The number of aromatic nitrogens is 2. The lowest BCUT2D eigenvalue weighted by atomic mass is 10.1. The number of likely N-dealkylation sites (N-methyl/N-ethyl adjacent to an activating group) is 1. The smallest absolute Gasteiger partial charge is 0.229 e. The van der Waals surface area contributed by atoms with E-state index in [2.05, 4.69) is 15.5 Å². The van der Waals surface area contributed by atoms with Crippen LogP contribution >= 0.6 is 0 Å². The number of carbonyl (C=O) groups is 2. The molecule has 1 aliphatic rings. The van der Waals surface area contributed by atoms with Crippen molar-refractivity contribution in [2.45, 2.75) is 6.42 Å². The molecule has 0 aliphatic carbocycles.